The average Bonchev–Trinajstić information content (AvgIpc) is 3.29. The number of rotatable bonds is 5. The van der Waals surface area contributed by atoms with Gasteiger partial charge in [0.2, 0.25) is 0 Å². The van der Waals surface area contributed by atoms with Gasteiger partial charge in [0, 0.05) is 23.4 Å². The first-order valence-electron chi connectivity index (χ1n) is 9.36. The van der Waals surface area contributed by atoms with E-state index < -0.39 is 0 Å². The van der Waals surface area contributed by atoms with Gasteiger partial charge in [-0.3, -0.25) is 0 Å². The number of hydrogen-bond donors (Lipinski definition) is 2. The molecule has 3 aromatic heterocycles. The Morgan fingerprint density at radius 1 is 1.07 bits per heavy atom. The molecular weight excluding hydrogens is 385 g/mol. The fourth-order valence-corrected chi connectivity index (χ4v) is 4.58. The van der Waals surface area contributed by atoms with Crippen LogP contribution in [0.15, 0.2) is 54.9 Å². The van der Waals surface area contributed by atoms with E-state index in [9.17, 15) is 4.39 Å². The van der Waals surface area contributed by atoms with Gasteiger partial charge < -0.3 is 10.3 Å². The number of halogens is 1. The lowest BCUT2D eigenvalue weighted by molar-refractivity contribution is 0.628. The third kappa shape index (κ3) is 3.34. The highest BCUT2D eigenvalue weighted by Crippen LogP contribution is 2.40. The van der Waals surface area contributed by atoms with Gasteiger partial charge in [-0.15, -0.1) is 11.3 Å². The van der Waals surface area contributed by atoms with E-state index in [1.807, 2.05) is 24.3 Å². The zero-order valence-corrected chi connectivity index (χ0v) is 16.6. The first-order chi connectivity index (χ1) is 14.2. The van der Waals surface area contributed by atoms with E-state index in [4.69, 9.17) is 0 Å². The second-order valence-corrected chi connectivity index (χ2v) is 8.02. The summed E-state index contributed by atoms with van der Waals surface area (Å²) in [5.41, 5.74) is 4.03. The first-order valence-corrected chi connectivity index (χ1v) is 10.2. The summed E-state index contributed by atoms with van der Waals surface area (Å²) in [7, 11) is 0. The number of thiophene rings is 1. The molecule has 2 aromatic carbocycles. The molecule has 0 saturated carbocycles. The second-order valence-electron chi connectivity index (χ2n) is 6.82. The molecule has 0 amide bonds. The van der Waals surface area contributed by atoms with Crippen LogP contribution in [0.1, 0.15) is 10.7 Å². The Balaban J connectivity index is 1.44. The van der Waals surface area contributed by atoms with Crippen molar-refractivity contribution in [2.45, 2.75) is 13.3 Å². The molecule has 0 aliphatic heterocycles. The molecule has 0 aliphatic rings. The van der Waals surface area contributed by atoms with Gasteiger partial charge >= 0.3 is 0 Å². The minimum Gasteiger partial charge on any atom is -0.369 e. The van der Waals surface area contributed by atoms with Crippen molar-refractivity contribution in [3.05, 3.63) is 71.4 Å². The van der Waals surface area contributed by atoms with Crippen LogP contribution in [0.25, 0.3) is 32.4 Å². The van der Waals surface area contributed by atoms with Crippen molar-refractivity contribution < 1.29 is 4.39 Å². The third-order valence-corrected chi connectivity index (χ3v) is 5.90. The molecule has 0 saturated heterocycles. The van der Waals surface area contributed by atoms with Crippen LogP contribution in [0, 0.1) is 12.7 Å². The number of H-pyrrole nitrogens is 1. The predicted octanol–water partition coefficient (Wildman–Crippen LogP) is 5.34. The molecule has 5 rings (SSSR count). The topological polar surface area (TPSA) is 66.5 Å². The number of fused-ring (bicyclic) bond motifs is 2. The maximum absolute atomic E-state index is 13.4. The minimum absolute atomic E-state index is 0.244. The molecule has 7 heteroatoms. The normalized spacial score (nSPS) is 11.4. The van der Waals surface area contributed by atoms with E-state index in [0.29, 0.717) is 6.54 Å². The Hall–Kier alpha value is -3.32. The summed E-state index contributed by atoms with van der Waals surface area (Å²) in [6, 6.07) is 14.6. The fraction of sp³-hybridized carbons (Fsp3) is 0.136. The molecule has 29 heavy (non-hydrogen) atoms. The van der Waals surface area contributed by atoms with E-state index in [2.05, 4.69) is 32.2 Å². The molecule has 3 heterocycles. The van der Waals surface area contributed by atoms with Gasteiger partial charge in [-0.25, -0.2) is 19.3 Å². The quantitative estimate of drug-likeness (QED) is 0.416. The van der Waals surface area contributed by atoms with Crippen molar-refractivity contribution in [1.82, 2.24) is 19.9 Å². The molecule has 144 valence electrons. The Morgan fingerprint density at radius 3 is 2.72 bits per heavy atom. The number of imidazole rings is 1. The molecule has 0 spiro atoms. The van der Waals surface area contributed by atoms with Crippen LogP contribution in [-0.2, 0) is 6.42 Å². The highest BCUT2D eigenvalue weighted by Gasteiger charge is 2.16. The summed E-state index contributed by atoms with van der Waals surface area (Å²) in [6.07, 6.45) is 2.32. The second kappa shape index (κ2) is 7.25. The van der Waals surface area contributed by atoms with Crippen LogP contribution < -0.4 is 5.32 Å². The van der Waals surface area contributed by atoms with Crippen molar-refractivity contribution >= 4 is 38.4 Å². The van der Waals surface area contributed by atoms with Crippen LogP contribution in [0.3, 0.4) is 0 Å². The number of hydrogen-bond acceptors (Lipinski definition) is 5. The van der Waals surface area contributed by atoms with Crippen molar-refractivity contribution in [2.24, 2.45) is 0 Å². The van der Waals surface area contributed by atoms with Gasteiger partial charge in [0.05, 0.1) is 16.4 Å². The zero-order chi connectivity index (χ0) is 19.8. The Morgan fingerprint density at radius 2 is 1.90 bits per heavy atom. The highest BCUT2D eigenvalue weighted by atomic mass is 32.1. The summed E-state index contributed by atoms with van der Waals surface area (Å²) in [4.78, 5) is 18.9. The van der Waals surface area contributed by atoms with Crippen LogP contribution in [0.2, 0.25) is 0 Å². The SMILES string of the molecule is Cc1sc2ncnc(NCCc3nc4ccccc4[nH]3)c2c1-c1ccc(F)cc1. The lowest BCUT2D eigenvalue weighted by Crippen LogP contribution is -2.08. The van der Waals surface area contributed by atoms with Crippen LogP contribution in [0.5, 0.6) is 0 Å². The summed E-state index contributed by atoms with van der Waals surface area (Å²) in [5.74, 6) is 1.48. The summed E-state index contributed by atoms with van der Waals surface area (Å²) < 4.78 is 13.4. The summed E-state index contributed by atoms with van der Waals surface area (Å²) in [5, 5.41) is 4.41. The number of anilines is 1. The zero-order valence-electron chi connectivity index (χ0n) is 15.7. The van der Waals surface area contributed by atoms with Gasteiger partial charge in [0.25, 0.3) is 0 Å². The molecule has 5 nitrogen and oxygen atoms in total. The largest absolute Gasteiger partial charge is 0.369 e. The van der Waals surface area contributed by atoms with E-state index >= 15 is 0 Å². The standard InChI is InChI=1S/C22H18FN5S/c1-13-19(14-6-8-15(23)9-7-14)20-21(25-12-26-22(20)29-13)24-11-10-18-27-16-4-2-3-5-17(16)28-18/h2-9,12H,10-11H2,1H3,(H,27,28)(H,24,25,26). The first kappa shape index (κ1) is 17.8. The Labute approximate surface area is 170 Å². The molecular formula is C22H18FN5S. The van der Waals surface area contributed by atoms with Crippen LogP contribution >= 0.6 is 11.3 Å². The molecule has 0 unspecified atom stereocenters. The maximum atomic E-state index is 13.4. The summed E-state index contributed by atoms with van der Waals surface area (Å²) in [6.45, 7) is 2.74. The fourth-order valence-electron chi connectivity index (χ4n) is 3.57. The van der Waals surface area contributed by atoms with E-state index in [1.54, 1.807) is 29.8 Å². The monoisotopic (exact) mass is 403 g/mol. The minimum atomic E-state index is -0.244. The Kier molecular flexibility index (Phi) is 4.44. The summed E-state index contributed by atoms with van der Waals surface area (Å²) >= 11 is 1.62. The van der Waals surface area contributed by atoms with Crippen molar-refractivity contribution in [2.75, 3.05) is 11.9 Å². The molecule has 0 bridgehead atoms. The van der Waals surface area contributed by atoms with E-state index in [0.717, 1.165) is 55.3 Å². The van der Waals surface area contributed by atoms with Gasteiger partial charge in [-0.1, -0.05) is 24.3 Å². The number of aryl methyl sites for hydroxylation is 1. The van der Waals surface area contributed by atoms with E-state index in [1.165, 1.54) is 12.1 Å². The van der Waals surface area contributed by atoms with Gasteiger partial charge in [0.15, 0.2) is 0 Å². The van der Waals surface area contributed by atoms with Crippen molar-refractivity contribution in [3.63, 3.8) is 0 Å². The predicted molar refractivity (Wildman–Crippen MR) is 116 cm³/mol. The molecule has 0 radical (unpaired) electrons. The van der Waals surface area contributed by atoms with E-state index in [-0.39, 0.29) is 5.82 Å². The Bertz CT molecular complexity index is 1270. The van der Waals surface area contributed by atoms with Crippen LogP contribution in [-0.4, -0.2) is 26.5 Å². The van der Waals surface area contributed by atoms with Crippen molar-refractivity contribution in [3.8, 4) is 11.1 Å². The lowest BCUT2D eigenvalue weighted by Gasteiger charge is -2.08. The average molecular weight is 403 g/mol. The molecule has 0 atom stereocenters. The van der Waals surface area contributed by atoms with Gasteiger partial charge in [-0.2, -0.15) is 0 Å². The number of benzene rings is 2. The smallest absolute Gasteiger partial charge is 0.138 e. The number of nitrogens with zero attached hydrogens (tertiary/aromatic N) is 3. The number of nitrogens with one attached hydrogen (secondary N) is 2. The molecule has 0 aliphatic carbocycles. The molecule has 0 fully saturated rings. The third-order valence-electron chi connectivity index (χ3n) is 4.89. The molecule has 2 N–H and O–H groups in total. The van der Waals surface area contributed by atoms with Crippen LogP contribution in [0.4, 0.5) is 10.2 Å². The van der Waals surface area contributed by atoms with Gasteiger partial charge in [0.1, 0.15) is 28.6 Å². The lowest BCUT2D eigenvalue weighted by atomic mass is 10.0. The number of aromatic amines is 1. The van der Waals surface area contributed by atoms with Crippen molar-refractivity contribution in [1.29, 1.82) is 0 Å². The number of para-hydroxylation sites is 2. The number of aromatic nitrogens is 4. The highest BCUT2D eigenvalue weighted by molar-refractivity contribution is 7.19. The maximum Gasteiger partial charge on any atom is 0.138 e. The van der Waals surface area contributed by atoms with Gasteiger partial charge in [-0.05, 0) is 36.8 Å². The molecule has 5 aromatic rings.